The fourth-order valence-corrected chi connectivity index (χ4v) is 2.51. The van der Waals surface area contributed by atoms with Gasteiger partial charge in [0, 0.05) is 0 Å². The van der Waals surface area contributed by atoms with Gasteiger partial charge >= 0.3 is 5.97 Å². The van der Waals surface area contributed by atoms with E-state index in [1.54, 1.807) is 0 Å². The summed E-state index contributed by atoms with van der Waals surface area (Å²) >= 11 is 0. The highest BCUT2D eigenvalue weighted by Crippen LogP contribution is 2.47. The van der Waals surface area contributed by atoms with Crippen LogP contribution in [0.2, 0.25) is 0 Å². The summed E-state index contributed by atoms with van der Waals surface area (Å²) in [5, 5.41) is 8.94. The molecule has 0 spiro atoms. The lowest BCUT2D eigenvalue weighted by Gasteiger charge is -2.04. The maximum absolute atomic E-state index is 10.9. The molecule has 0 saturated heterocycles. The molecule has 1 fully saturated rings. The molecule has 2 aromatic rings. The zero-order chi connectivity index (χ0) is 13.4. The minimum atomic E-state index is -0.674. The minimum absolute atomic E-state index is 0.176. The Morgan fingerprint density at radius 3 is 2.00 bits per heavy atom. The monoisotopic (exact) mass is 252 g/mol. The second kappa shape index (κ2) is 4.54. The van der Waals surface area contributed by atoms with Crippen molar-refractivity contribution in [1.29, 1.82) is 0 Å². The van der Waals surface area contributed by atoms with Gasteiger partial charge in [-0.3, -0.25) is 4.79 Å². The van der Waals surface area contributed by atoms with Crippen LogP contribution < -0.4 is 0 Å². The van der Waals surface area contributed by atoms with Gasteiger partial charge in [0.2, 0.25) is 0 Å². The van der Waals surface area contributed by atoms with Gasteiger partial charge < -0.3 is 5.11 Å². The zero-order valence-electron chi connectivity index (χ0n) is 10.8. The number of aryl methyl sites for hydroxylation is 1. The van der Waals surface area contributed by atoms with Gasteiger partial charge in [-0.15, -0.1) is 0 Å². The first-order valence-corrected chi connectivity index (χ1v) is 6.55. The van der Waals surface area contributed by atoms with Crippen LogP contribution in [0.3, 0.4) is 0 Å². The summed E-state index contributed by atoms with van der Waals surface area (Å²) in [4.78, 5) is 10.9. The van der Waals surface area contributed by atoms with Crippen LogP contribution in [0, 0.1) is 12.8 Å². The molecule has 19 heavy (non-hydrogen) atoms. The van der Waals surface area contributed by atoms with Gasteiger partial charge in [-0.1, -0.05) is 54.1 Å². The highest BCUT2D eigenvalue weighted by Gasteiger charge is 2.43. The topological polar surface area (TPSA) is 37.3 Å². The first-order chi connectivity index (χ1) is 9.15. The summed E-state index contributed by atoms with van der Waals surface area (Å²) in [7, 11) is 0. The smallest absolute Gasteiger partial charge is 0.307 e. The molecule has 0 amide bonds. The molecule has 96 valence electrons. The van der Waals surface area contributed by atoms with Crippen LogP contribution in [-0.4, -0.2) is 11.1 Å². The number of hydrogen-bond acceptors (Lipinski definition) is 1. The average molecular weight is 252 g/mol. The molecule has 2 heteroatoms. The summed E-state index contributed by atoms with van der Waals surface area (Å²) in [5.41, 5.74) is 4.77. The van der Waals surface area contributed by atoms with Crippen molar-refractivity contribution in [3.05, 3.63) is 59.7 Å². The fourth-order valence-electron chi connectivity index (χ4n) is 2.51. The largest absolute Gasteiger partial charge is 0.481 e. The van der Waals surface area contributed by atoms with Gasteiger partial charge in [0.05, 0.1) is 5.92 Å². The maximum atomic E-state index is 10.9. The van der Waals surface area contributed by atoms with E-state index in [4.69, 9.17) is 5.11 Å². The van der Waals surface area contributed by atoms with Crippen molar-refractivity contribution in [1.82, 2.24) is 0 Å². The molecule has 0 aliphatic heterocycles. The van der Waals surface area contributed by atoms with Gasteiger partial charge in [0.1, 0.15) is 0 Å². The SMILES string of the molecule is Cc1ccc(-c2ccc(C3CC3C(=O)O)cc2)cc1. The average Bonchev–Trinajstić information content (AvgIpc) is 3.20. The van der Waals surface area contributed by atoms with Crippen molar-refractivity contribution < 1.29 is 9.90 Å². The Balaban J connectivity index is 1.80. The first kappa shape index (κ1) is 12.0. The molecule has 0 radical (unpaired) electrons. The second-order valence-corrected chi connectivity index (χ2v) is 5.27. The summed E-state index contributed by atoms with van der Waals surface area (Å²) in [6.07, 6.45) is 0.777. The van der Waals surface area contributed by atoms with Gasteiger partial charge in [0.15, 0.2) is 0 Å². The third-order valence-electron chi connectivity index (χ3n) is 3.83. The molecule has 0 heterocycles. The molecule has 2 atom stereocenters. The van der Waals surface area contributed by atoms with Crippen LogP contribution >= 0.6 is 0 Å². The predicted molar refractivity (Wildman–Crippen MR) is 75.1 cm³/mol. The standard InChI is InChI=1S/C17H16O2/c1-11-2-4-12(5-3-11)13-6-8-14(9-7-13)15-10-16(15)17(18)19/h2-9,15-16H,10H2,1H3,(H,18,19). The van der Waals surface area contributed by atoms with Crippen molar-refractivity contribution in [2.75, 3.05) is 0 Å². The number of carbonyl (C=O) groups is 1. The lowest BCUT2D eigenvalue weighted by Crippen LogP contribution is -1.98. The summed E-state index contributed by atoms with van der Waals surface area (Å²) in [6, 6.07) is 16.7. The molecule has 1 N–H and O–H groups in total. The molecular weight excluding hydrogens is 236 g/mol. The van der Waals surface area contributed by atoms with E-state index in [2.05, 4.69) is 55.5 Å². The Hall–Kier alpha value is -2.09. The van der Waals surface area contributed by atoms with E-state index in [0.717, 1.165) is 12.0 Å². The molecule has 2 unspecified atom stereocenters. The molecule has 0 bridgehead atoms. The Morgan fingerprint density at radius 2 is 1.53 bits per heavy atom. The van der Waals surface area contributed by atoms with Crippen LogP contribution in [0.15, 0.2) is 48.5 Å². The quantitative estimate of drug-likeness (QED) is 0.900. The Bertz CT molecular complexity index is 596. The molecular formula is C17H16O2. The number of aliphatic carboxylic acids is 1. The Labute approximate surface area is 112 Å². The molecule has 1 aliphatic carbocycles. The molecule has 3 rings (SSSR count). The van der Waals surface area contributed by atoms with Crippen LogP contribution in [0.4, 0.5) is 0 Å². The Kier molecular flexibility index (Phi) is 2.86. The maximum Gasteiger partial charge on any atom is 0.307 e. The minimum Gasteiger partial charge on any atom is -0.481 e. The number of rotatable bonds is 3. The number of benzene rings is 2. The van der Waals surface area contributed by atoms with Crippen molar-refractivity contribution >= 4 is 5.97 Å². The van der Waals surface area contributed by atoms with E-state index in [0.29, 0.717) is 0 Å². The molecule has 1 aliphatic rings. The van der Waals surface area contributed by atoms with Crippen LogP contribution in [0.5, 0.6) is 0 Å². The van der Waals surface area contributed by atoms with Crippen molar-refractivity contribution in [2.45, 2.75) is 19.3 Å². The van der Waals surface area contributed by atoms with Gasteiger partial charge in [0.25, 0.3) is 0 Å². The number of carboxylic acids is 1. The number of hydrogen-bond donors (Lipinski definition) is 1. The first-order valence-electron chi connectivity index (χ1n) is 6.55. The van der Waals surface area contributed by atoms with Crippen molar-refractivity contribution in [3.63, 3.8) is 0 Å². The van der Waals surface area contributed by atoms with Crippen molar-refractivity contribution in [2.24, 2.45) is 5.92 Å². The normalized spacial score (nSPS) is 21.1. The van der Waals surface area contributed by atoms with E-state index in [1.807, 2.05) is 0 Å². The molecule has 2 nitrogen and oxygen atoms in total. The highest BCUT2D eigenvalue weighted by molar-refractivity contribution is 5.75. The van der Waals surface area contributed by atoms with E-state index in [1.165, 1.54) is 16.7 Å². The Morgan fingerprint density at radius 1 is 1.00 bits per heavy atom. The van der Waals surface area contributed by atoms with E-state index in [-0.39, 0.29) is 11.8 Å². The van der Waals surface area contributed by atoms with Gasteiger partial charge in [-0.25, -0.2) is 0 Å². The van der Waals surface area contributed by atoms with E-state index < -0.39 is 5.97 Å². The van der Waals surface area contributed by atoms with Crippen molar-refractivity contribution in [3.8, 4) is 11.1 Å². The fraction of sp³-hybridized carbons (Fsp3) is 0.235. The van der Waals surface area contributed by atoms with E-state index >= 15 is 0 Å². The number of carboxylic acid groups (broad SMARTS) is 1. The van der Waals surface area contributed by atoms with Gasteiger partial charge in [-0.2, -0.15) is 0 Å². The zero-order valence-corrected chi connectivity index (χ0v) is 10.8. The molecule has 2 aromatic carbocycles. The summed E-state index contributed by atoms with van der Waals surface area (Å²) in [5.74, 6) is -0.637. The predicted octanol–water partition coefficient (Wildman–Crippen LogP) is 3.85. The summed E-state index contributed by atoms with van der Waals surface area (Å²) in [6.45, 7) is 2.08. The highest BCUT2D eigenvalue weighted by atomic mass is 16.4. The molecule has 0 aromatic heterocycles. The van der Waals surface area contributed by atoms with Crippen LogP contribution in [-0.2, 0) is 4.79 Å². The van der Waals surface area contributed by atoms with Crippen LogP contribution in [0.25, 0.3) is 11.1 Å². The lowest BCUT2D eigenvalue weighted by molar-refractivity contribution is -0.138. The lowest BCUT2D eigenvalue weighted by atomic mass is 10.0. The van der Waals surface area contributed by atoms with Gasteiger partial charge in [-0.05, 0) is 36.0 Å². The summed E-state index contributed by atoms with van der Waals surface area (Å²) < 4.78 is 0. The third-order valence-corrected chi connectivity index (χ3v) is 3.83. The van der Waals surface area contributed by atoms with Crippen LogP contribution in [0.1, 0.15) is 23.5 Å². The second-order valence-electron chi connectivity index (χ2n) is 5.27. The molecule has 1 saturated carbocycles. The third kappa shape index (κ3) is 2.39. The van der Waals surface area contributed by atoms with E-state index in [9.17, 15) is 4.79 Å².